The summed E-state index contributed by atoms with van der Waals surface area (Å²) in [5, 5.41) is 7.96. The number of hydrogen-bond donors (Lipinski definition) is 1. The Morgan fingerprint density at radius 3 is 2.86 bits per heavy atom. The lowest BCUT2D eigenvalue weighted by molar-refractivity contribution is -0.125. The molecule has 0 aliphatic carbocycles. The summed E-state index contributed by atoms with van der Waals surface area (Å²) < 4.78 is 7.60. The number of fused-ring (bicyclic) bond motifs is 1. The zero-order valence-electron chi connectivity index (χ0n) is 21.2. The molecule has 2 aromatic carbocycles. The summed E-state index contributed by atoms with van der Waals surface area (Å²) in [5.74, 6) is 1.67. The molecule has 2 aromatic heterocycles. The zero-order valence-corrected chi connectivity index (χ0v) is 21.2. The smallest absolute Gasteiger partial charge is 0.225 e. The van der Waals surface area contributed by atoms with Gasteiger partial charge in [0.1, 0.15) is 11.3 Å². The van der Waals surface area contributed by atoms with Gasteiger partial charge < -0.3 is 15.0 Å². The van der Waals surface area contributed by atoms with Crippen LogP contribution in [0.1, 0.15) is 36.5 Å². The molecule has 1 N–H and O–H groups in total. The van der Waals surface area contributed by atoms with E-state index >= 15 is 0 Å². The number of amides is 1. The number of carbonyl (C=O) groups excluding carboxylic acids is 1. The van der Waals surface area contributed by atoms with E-state index < -0.39 is 0 Å². The second-order valence-electron chi connectivity index (χ2n) is 9.47. The highest BCUT2D eigenvalue weighted by molar-refractivity contribution is 5.81. The Balaban J connectivity index is 1.33. The third kappa shape index (κ3) is 4.91. The van der Waals surface area contributed by atoms with E-state index in [-0.39, 0.29) is 11.8 Å². The van der Waals surface area contributed by atoms with E-state index in [0.717, 1.165) is 53.3 Å². The minimum atomic E-state index is -0.0956. The van der Waals surface area contributed by atoms with Crippen LogP contribution in [0.2, 0.25) is 0 Å². The molecule has 0 radical (unpaired) electrons. The maximum atomic E-state index is 13.1. The van der Waals surface area contributed by atoms with Crippen LogP contribution in [0.15, 0.2) is 60.9 Å². The lowest BCUT2D eigenvalue weighted by Gasteiger charge is -2.33. The highest BCUT2D eigenvalue weighted by atomic mass is 16.5. The predicted octanol–water partition coefficient (Wildman–Crippen LogP) is 4.94. The number of para-hydroxylation sites is 1. The number of carbonyl (C=O) groups is 1. The van der Waals surface area contributed by atoms with Crippen LogP contribution in [-0.2, 0) is 11.3 Å². The van der Waals surface area contributed by atoms with Gasteiger partial charge >= 0.3 is 0 Å². The summed E-state index contributed by atoms with van der Waals surface area (Å²) in [4.78, 5) is 20.1. The maximum absolute atomic E-state index is 13.1. The first-order valence-electron chi connectivity index (χ1n) is 12.7. The Hall–Kier alpha value is -3.87. The summed E-state index contributed by atoms with van der Waals surface area (Å²) >= 11 is 0. The molecule has 0 bridgehead atoms. The minimum absolute atomic E-state index is 0.0717. The van der Waals surface area contributed by atoms with Crippen LogP contribution < -0.4 is 15.0 Å². The van der Waals surface area contributed by atoms with Gasteiger partial charge in [0.05, 0.1) is 18.2 Å². The van der Waals surface area contributed by atoms with E-state index in [4.69, 9.17) is 14.8 Å². The van der Waals surface area contributed by atoms with E-state index in [9.17, 15) is 4.79 Å². The van der Waals surface area contributed by atoms with Crippen molar-refractivity contribution in [3.8, 4) is 17.0 Å². The SMILES string of the molecule is CCOc1ccccc1CNC(=O)[C@H]1CCCN(c2nccn3nc(-c4ccc(C)cc4C)cc23)C1. The second kappa shape index (κ2) is 10.4. The van der Waals surface area contributed by atoms with Crippen LogP contribution in [0.5, 0.6) is 5.75 Å². The average molecular weight is 484 g/mol. The number of hydrogen-bond acceptors (Lipinski definition) is 5. The van der Waals surface area contributed by atoms with Crippen molar-refractivity contribution in [1.82, 2.24) is 19.9 Å². The van der Waals surface area contributed by atoms with E-state index in [2.05, 4.69) is 48.3 Å². The first-order chi connectivity index (χ1) is 17.5. The number of nitrogens with zero attached hydrogens (tertiary/aromatic N) is 4. The van der Waals surface area contributed by atoms with Crippen molar-refractivity contribution in [3.63, 3.8) is 0 Å². The topological polar surface area (TPSA) is 71.8 Å². The van der Waals surface area contributed by atoms with Crippen LogP contribution in [0, 0.1) is 19.8 Å². The van der Waals surface area contributed by atoms with Crippen LogP contribution in [0.4, 0.5) is 5.82 Å². The molecule has 0 saturated carbocycles. The van der Waals surface area contributed by atoms with Crippen molar-refractivity contribution >= 4 is 17.2 Å². The molecule has 1 aliphatic rings. The highest BCUT2D eigenvalue weighted by Gasteiger charge is 2.28. The second-order valence-corrected chi connectivity index (χ2v) is 9.47. The monoisotopic (exact) mass is 483 g/mol. The number of rotatable bonds is 7. The van der Waals surface area contributed by atoms with E-state index in [1.54, 1.807) is 6.20 Å². The fourth-order valence-corrected chi connectivity index (χ4v) is 5.04. The Morgan fingerprint density at radius 1 is 1.17 bits per heavy atom. The van der Waals surface area contributed by atoms with Crippen molar-refractivity contribution in [1.29, 1.82) is 0 Å². The molecule has 0 spiro atoms. The number of nitrogens with one attached hydrogen (secondary N) is 1. The van der Waals surface area contributed by atoms with Gasteiger partial charge in [-0.2, -0.15) is 5.10 Å². The number of benzene rings is 2. The average Bonchev–Trinajstić information content (AvgIpc) is 3.32. The Morgan fingerprint density at radius 2 is 2.03 bits per heavy atom. The van der Waals surface area contributed by atoms with Gasteiger partial charge in [0.25, 0.3) is 0 Å². The molecule has 5 rings (SSSR count). The molecular formula is C29H33N5O2. The van der Waals surface area contributed by atoms with Crippen LogP contribution in [0.3, 0.4) is 0 Å². The molecule has 1 saturated heterocycles. The van der Waals surface area contributed by atoms with Crippen molar-refractivity contribution in [2.45, 2.75) is 40.2 Å². The molecule has 186 valence electrons. The number of aromatic nitrogens is 3. The number of aryl methyl sites for hydroxylation is 2. The molecule has 36 heavy (non-hydrogen) atoms. The highest BCUT2D eigenvalue weighted by Crippen LogP contribution is 2.30. The molecule has 7 heteroatoms. The van der Waals surface area contributed by atoms with E-state index in [1.165, 1.54) is 11.1 Å². The quantitative estimate of drug-likeness (QED) is 0.403. The molecule has 7 nitrogen and oxygen atoms in total. The Labute approximate surface area is 212 Å². The Kier molecular flexibility index (Phi) is 6.89. The third-order valence-corrected chi connectivity index (χ3v) is 6.84. The van der Waals surface area contributed by atoms with Gasteiger partial charge in [-0.3, -0.25) is 4.79 Å². The summed E-state index contributed by atoms with van der Waals surface area (Å²) in [6.45, 7) is 8.74. The van der Waals surface area contributed by atoms with Crippen molar-refractivity contribution < 1.29 is 9.53 Å². The lowest BCUT2D eigenvalue weighted by Crippen LogP contribution is -2.43. The first-order valence-corrected chi connectivity index (χ1v) is 12.7. The van der Waals surface area contributed by atoms with Crippen LogP contribution >= 0.6 is 0 Å². The van der Waals surface area contributed by atoms with Crippen LogP contribution in [0.25, 0.3) is 16.8 Å². The first kappa shape index (κ1) is 23.9. The molecule has 4 aromatic rings. The van der Waals surface area contributed by atoms with Crippen molar-refractivity contribution in [2.75, 3.05) is 24.6 Å². The van der Waals surface area contributed by atoms with Gasteiger partial charge in [-0.05, 0) is 51.3 Å². The van der Waals surface area contributed by atoms with E-state index in [1.807, 2.05) is 41.9 Å². The van der Waals surface area contributed by atoms with Gasteiger partial charge in [-0.1, -0.05) is 42.0 Å². The van der Waals surface area contributed by atoms with E-state index in [0.29, 0.717) is 19.7 Å². The van der Waals surface area contributed by atoms with Crippen molar-refractivity contribution in [2.24, 2.45) is 5.92 Å². The summed E-state index contributed by atoms with van der Waals surface area (Å²) in [7, 11) is 0. The molecule has 0 unspecified atom stereocenters. The van der Waals surface area contributed by atoms with Gasteiger partial charge in [-0.15, -0.1) is 0 Å². The summed E-state index contributed by atoms with van der Waals surface area (Å²) in [6, 6.07) is 16.4. The maximum Gasteiger partial charge on any atom is 0.225 e. The molecule has 1 aliphatic heterocycles. The predicted molar refractivity (Wildman–Crippen MR) is 142 cm³/mol. The summed E-state index contributed by atoms with van der Waals surface area (Å²) in [5.41, 5.74) is 6.44. The largest absolute Gasteiger partial charge is 0.494 e. The fraction of sp³-hybridized carbons (Fsp3) is 0.345. The van der Waals surface area contributed by atoms with Gasteiger partial charge in [-0.25, -0.2) is 9.50 Å². The number of anilines is 1. The molecule has 1 amide bonds. The van der Waals surface area contributed by atoms with Crippen molar-refractivity contribution in [3.05, 3.63) is 77.6 Å². The molecular weight excluding hydrogens is 450 g/mol. The fourth-order valence-electron chi connectivity index (χ4n) is 5.04. The normalized spacial score (nSPS) is 15.8. The number of ether oxygens (including phenoxy) is 1. The molecule has 1 atom stereocenters. The zero-order chi connectivity index (χ0) is 25.1. The molecule has 1 fully saturated rings. The standard InChI is InChI=1S/C29H33N5O2/c1-4-36-27-10-6-5-8-22(27)18-31-29(35)23-9-7-14-33(19-23)28-26-17-25(32-34(26)15-13-30-28)24-12-11-20(2)16-21(24)3/h5-6,8,10-13,15-17,23H,4,7,9,14,18-19H2,1-3H3,(H,31,35)/t23-/m0/s1. The third-order valence-electron chi connectivity index (χ3n) is 6.84. The Bertz CT molecular complexity index is 1380. The lowest BCUT2D eigenvalue weighted by atomic mass is 9.97. The van der Waals surface area contributed by atoms with Gasteiger partial charge in [0.2, 0.25) is 5.91 Å². The van der Waals surface area contributed by atoms with Gasteiger partial charge in [0.15, 0.2) is 5.82 Å². The molecule has 3 heterocycles. The van der Waals surface area contributed by atoms with Gasteiger partial charge in [0, 0.05) is 43.2 Å². The minimum Gasteiger partial charge on any atom is -0.494 e. The number of piperidine rings is 1. The van der Waals surface area contributed by atoms with Crippen LogP contribution in [-0.4, -0.2) is 40.2 Å². The summed E-state index contributed by atoms with van der Waals surface area (Å²) in [6.07, 6.45) is 5.48.